The van der Waals surface area contributed by atoms with Crippen LogP contribution in [0.25, 0.3) is 11.6 Å². The van der Waals surface area contributed by atoms with Crippen molar-refractivity contribution >= 4 is 17.6 Å². The van der Waals surface area contributed by atoms with Crippen molar-refractivity contribution in [3.63, 3.8) is 0 Å². The molecular formula is C20H22O3. The van der Waals surface area contributed by atoms with E-state index in [0.717, 1.165) is 24.0 Å². The molecule has 0 aliphatic rings. The Hall–Kier alpha value is -2.55. The largest absolute Gasteiger partial charge is 0.493 e. The fourth-order valence-corrected chi connectivity index (χ4v) is 2.21. The zero-order valence-corrected chi connectivity index (χ0v) is 13.6. The highest BCUT2D eigenvalue weighted by molar-refractivity contribution is 6.20. The van der Waals surface area contributed by atoms with E-state index >= 15 is 0 Å². The van der Waals surface area contributed by atoms with Gasteiger partial charge in [-0.05, 0) is 31.1 Å². The third-order valence-electron chi connectivity index (χ3n) is 3.57. The number of hydrogen-bond donors (Lipinski definition) is 1. The third-order valence-corrected chi connectivity index (χ3v) is 3.57. The van der Waals surface area contributed by atoms with E-state index in [2.05, 4.69) is 6.92 Å². The molecule has 120 valence electrons. The van der Waals surface area contributed by atoms with Gasteiger partial charge in [0.1, 0.15) is 5.75 Å². The van der Waals surface area contributed by atoms with Crippen molar-refractivity contribution < 1.29 is 14.6 Å². The lowest BCUT2D eigenvalue weighted by molar-refractivity contribution is -0.130. The molecule has 0 unspecified atom stereocenters. The predicted octanol–water partition coefficient (Wildman–Crippen LogP) is 4.80. The molecule has 0 aromatic heterocycles. The number of carbonyl (C=O) groups is 1. The van der Waals surface area contributed by atoms with Crippen LogP contribution in [0, 0.1) is 6.92 Å². The summed E-state index contributed by atoms with van der Waals surface area (Å²) in [6.07, 6.45) is 3.71. The first-order chi connectivity index (χ1) is 11.1. The molecule has 3 heteroatoms. The topological polar surface area (TPSA) is 46.5 Å². The van der Waals surface area contributed by atoms with Crippen LogP contribution in [0.15, 0.2) is 48.5 Å². The molecule has 0 saturated carbocycles. The summed E-state index contributed by atoms with van der Waals surface area (Å²) in [5.74, 6) is -0.232. The van der Waals surface area contributed by atoms with Crippen LogP contribution in [-0.2, 0) is 4.79 Å². The van der Waals surface area contributed by atoms with Gasteiger partial charge in [-0.25, -0.2) is 4.79 Å². The van der Waals surface area contributed by atoms with Gasteiger partial charge < -0.3 is 9.84 Å². The van der Waals surface area contributed by atoms with Crippen molar-refractivity contribution in [1.82, 2.24) is 0 Å². The minimum atomic E-state index is -0.947. The molecule has 0 saturated heterocycles. The molecule has 23 heavy (non-hydrogen) atoms. The molecule has 0 atom stereocenters. The van der Waals surface area contributed by atoms with Gasteiger partial charge in [-0.3, -0.25) is 0 Å². The van der Waals surface area contributed by atoms with Crippen molar-refractivity contribution in [1.29, 1.82) is 0 Å². The number of aliphatic carboxylic acids is 1. The van der Waals surface area contributed by atoms with Crippen molar-refractivity contribution in [3.05, 3.63) is 65.2 Å². The highest BCUT2D eigenvalue weighted by Crippen LogP contribution is 2.25. The fraction of sp³-hybridized carbons (Fsp3) is 0.250. The molecule has 1 N–H and O–H groups in total. The Balaban J connectivity index is 2.36. The molecule has 2 aromatic carbocycles. The maximum Gasteiger partial charge on any atom is 0.336 e. The van der Waals surface area contributed by atoms with Crippen LogP contribution in [0.5, 0.6) is 5.75 Å². The van der Waals surface area contributed by atoms with E-state index < -0.39 is 5.97 Å². The van der Waals surface area contributed by atoms with Crippen molar-refractivity contribution in [2.45, 2.75) is 26.7 Å². The molecule has 3 nitrogen and oxygen atoms in total. The second kappa shape index (κ2) is 8.18. The van der Waals surface area contributed by atoms with E-state index in [9.17, 15) is 9.90 Å². The SMILES string of the molecule is CCCCOc1ccccc1/C=C(\C(=O)O)c1ccc(C)cc1. The first kappa shape index (κ1) is 16.8. The van der Waals surface area contributed by atoms with Crippen molar-refractivity contribution in [2.75, 3.05) is 6.61 Å². The number of benzene rings is 2. The average Bonchev–Trinajstić information content (AvgIpc) is 2.55. The van der Waals surface area contributed by atoms with E-state index in [1.807, 2.05) is 55.5 Å². The van der Waals surface area contributed by atoms with E-state index in [0.29, 0.717) is 17.9 Å². The molecule has 0 aliphatic carbocycles. The summed E-state index contributed by atoms with van der Waals surface area (Å²) < 4.78 is 5.78. The van der Waals surface area contributed by atoms with E-state index in [1.54, 1.807) is 6.08 Å². The summed E-state index contributed by atoms with van der Waals surface area (Å²) in [7, 11) is 0. The molecule has 0 bridgehead atoms. The van der Waals surface area contributed by atoms with Crippen LogP contribution in [-0.4, -0.2) is 17.7 Å². The van der Waals surface area contributed by atoms with Crippen LogP contribution in [0.3, 0.4) is 0 Å². The summed E-state index contributed by atoms with van der Waals surface area (Å²) >= 11 is 0. The number of aryl methyl sites for hydroxylation is 1. The van der Waals surface area contributed by atoms with Crippen molar-refractivity contribution in [3.8, 4) is 5.75 Å². The number of hydrogen-bond acceptors (Lipinski definition) is 2. The van der Waals surface area contributed by atoms with Crippen LogP contribution in [0.4, 0.5) is 0 Å². The van der Waals surface area contributed by atoms with Gasteiger partial charge in [-0.15, -0.1) is 0 Å². The summed E-state index contributed by atoms with van der Waals surface area (Å²) in [5.41, 5.74) is 2.83. The predicted molar refractivity (Wildman–Crippen MR) is 93.5 cm³/mol. The molecule has 0 aliphatic heterocycles. The normalized spacial score (nSPS) is 11.3. The smallest absolute Gasteiger partial charge is 0.336 e. The Morgan fingerprint density at radius 3 is 2.48 bits per heavy atom. The monoisotopic (exact) mass is 310 g/mol. The molecule has 2 rings (SSSR count). The Morgan fingerprint density at radius 2 is 1.83 bits per heavy atom. The molecule has 0 amide bonds. The summed E-state index contributed by atoms with van der Waals surface area (Å²) in [5, 5.41) is 9.55. The second-order valence-corrected chi connectivity index (χ2v) is 5.47. The van der Waals surface area contributed by atoms with Gasteiger partial charge in [0.15, 0.2) is 0 Å². The number of unbranched alkanes of at least 4 members (excludes halogenated alkanes) is 1. The van der Waals surface area contributed by atoms with Crippen LogP contribution < -0.4 is 4.74 Å². The van der Waals surface area contributed by atoms with Gasteiger partial charge in [0.05, 0.1) is 12.2 Å². The molecule has 0 radical (unpaired) electrons. The Bertz CT molecular complexity index is 684. The molecular weight excluding hydrogens is 288 g/mol. The quantitative estimate of drug-likeness (QED) is 0.454. The Kier molecular flexibility index (Phi) is 5.98. The lowest BCUT2D eigenvalue weighted by Crippen LogP contribution is -2.01. The van der Waals surface area contributed by atoms with Crippen LogP contribution >= 0.6 is 0 Å². The Morgan fingerprint density at radius 1 is 1.13 bits per heavy atom. The first-order valence-electron chi connectivity index (χ1n) is 7.85. The highest BCUT2D eigenvalue weighted by atomic mass is 16.5. The van der Waals surface area contributed by atoms with E-state index in [4.69, 9.17) is 4.74 Å². The highest BCUT2D eigenvalue weighted by Gasteiger charge is 2.12. The minimum Gasteiger partial charge on any atom is -0.493 e. The standard InChI is InChI=1S/C20H22O3/c1-3-4-13-23-19-8-6-5-7-17(19)14-18(20(21)22)16-11-9-15(2)10-12-16/h5-12,14H,3-4,13H2,1-2H3,(H,21,22)/b18-14-. The zero-order chi connectivity index (χ0) is 16.7. The molecule has 2 aromatic rings. The average molecular weight is 310 g/mol. The first-order valence-corrected chi connectivity index (χ1v) is 7.85. The van der Waals surface area contributed by atoms with Crippen LogP contribution in [0.1, 0.15) is 36.5 Å². The second-order valence-electron chi connectivity index (χ2n) is 5.47. The van der Waals surface area contributed by atoms with Crippen molar-refractivity contribution in [2.24, 2.45) is 0 Å². The summed E-state index contributed by atoms with van der Waals surface area (Å²) in [6.45, 7) is 4.72. The van der Waals surface area contributed by atoms with Crippen LogP contribution in [0.2, 0.25) is 0 Å². The number of carboxylic acids is 1. The number of ether oxygens (including phenoxy) is 1. The maximum absolute atomic E-state index is 11.7. The van der Waals surface area contributed by atoms with Gasteiger partial charge in [-0.1, -0.05) is 61.4 Å². The van der Waals surface area contributed by atoms with Gasteiger partial charge in [0.25, 0.3) is 0 Å². The lowest BCUT2D eigenvalue weighted by Gasteiger charge is -2.10. The van der Waals surface area contributed by atoms with Gasteiger partial charge in [-0.2, -0.15) is 0 Å². The maximum atomic E-state index is 11.7. The fourth-order valence-electron chi connectivity index (χ4n) is 2.21. The number of rotatable bonds is 7. The van der Waals surface area contributed by atoms with Gasteiger partial charge in [0.2, 0.25) is 0 Å². The Labute approximate surface area is 137 Å². The lowest BCUT2D eigenvalue weighted by atomic mass is 10.0. The van der Waals surface area contributed by atoms with E-state index in [1.165, 1.54) is 0 Å². The van der Waals surface area contributed by atoms with Gasteiger partial charge in [0, 0.05) is 5.56 Å². The molecule has 0 spiro atoms. The number of carboxylic acid groups (broad SMARTS) is 1. The van der Waals surface area contributed by atoms with E-state index in [-0.39, 0.29) is 5.57 Å². The summed E-state index contributed by atoms with van der Waals surface area (Å²) in [4.78, 5) is 11.7. The minimum absolute atomic E-state index is 0.261. The third kappa shape index (κ3) is 4.71. The molecule has 0 fully saturated rings. The number of para-hydroxylation sites is 1. The van der Waals surface area contributed by atoms with Gasteiger partial charge >= 0.3 is 5.97 Å². The summed E-state index contributed by atoms with van der Waals surface area (Å²) in [6, 6.07) is 15.0. The zero-order valence-electron chi connectivity index (χ0n) is 13.6. The molecule has 0 heterocycles.